The summed E-state index contributed by atoms with van der Waals surface area (Å²) in [5, 5.41) is 2.86. The Morgan fingerprint density at radius 3 is 2.20 bits per heavy atom. The Kier molecular flexibility index (Phi) is 6.74. The molecule has 0 aliphatic heterocycles. The lowest BCUT2D eigenvalue weighted by atomic mass is 10.1. The molecule has 3 aromatic carbocycles. The normalized spacial score (nSPS) is 12.1. The third kappa shape index (κ3) is 5.84. The van der Waals surface area contributed by atoms with Crippen molar-refractivity contribution in [2.45, 2.75) is 24.8 Å². The van der Waals surface area contributed by atoms with Gasteiger partial charge < -0.3 is 10.1 Å². The molecule has 2 N–H and O–H groups in total. The summed E-state index contributed by atoms with van der Waals surface area (Å²) in [5.41, 5.74) is 2.54. The first kappa shape index (κ1) is 21.4. The van der Waals surface area contributed by atoms with Crippen molar-refractivity contribution < 1.29 is 17.9 Å². The largest absolute Gasteiger partial charge is 0.484 e. The molecule has 1 amide bonds. The third-order valence-corrected chi connectivity index (χ3v) is 5.88. The van der Waals surface area contributed by atoms with Gasteiger partial charge in [0, 0.05) is 5.69 Å². The summed E-state index contributed by atoms with van der Waals surface area (Å²) in [6.07, 6.45) is 0. The van der Waals surface area contributed by atoms with Crippen LogP contribution in [0, 0.1) is 6.92 Å². The monoisotopic (exact) mass is 424 g/mol. The van der Waals surface area contributed by atoms with E-state index in [0.29, 0.717) is 11.4 Å². The van der Waals surface area contributed by atoms with Crippen LogP contribution >= 0.6 is 0 Å². The maximum atomic E-state index is 12.5. The molecule has 3 aromatic rings. The number of carbonyl (C=O) groups excluding carboxylic acids is 1. The number of sulfonamides is 1. The molecule has 30 heavy (non-hydrogen) atoms. The highest BCUT2D eigenvalue weighted by Crippen LogP contribution is 2.20. The van der Waals surface area contributed by atoms with E-state index >= 15 is 0 Å². The van der Waals surface area contributed by atoms with Gasteiger partial charge in [0.15, 0.2) is 6.61 Å². The van der Waals surface area contributed by atoms with E-state index in [4.69, 9.17) is 4.74 Å². The van der Waals surface area contributed by atoms with Gasteiger partial charge in [-0.2, -0.15) is 0 Å². The van der Waals surface area contributed by atoms with Gasteiger partial charge in [0.1, 0.15) is 5.75 Å². The average molecular weight is 425 g/mol. The minimum atomic E-state index is -3.71. The molecule has 0 aliphatic carbocycles. The van der Waals surface area contributed by atoms with Gasteiger partial charge in [0.25, 0.3) is 15.9 Å². The molecule has 0 spiro atoms. The molecule has 0 unspecified atom stereocenters. The summed E-state index contributed by atoms with van der Waals surface area (Å²) in [6, 6.07) is 22.5. The van der Waals surface area contributed by atoms with Crippen molar-refractivity contribution >= 4 is 21.6 Å². The average Bonchev–Trinajstić information content (AvgIpc) is 2.74. The van der Waals surface area contributed by atoms with Crippen molar-refractivity contribution in [3.63, 3.8) is 0 Å². The molecule has 156 valence electrons. The predicted molar refractivity (Wildman–Crippen MR) is 117 cm³/mol. The molecular weight excluding hydrogens is 400 g/mol. The second-order valence-corrected chi connectivity index (χ2v) is 8.61. The van der Waals surface area contributed by atoms with Crippen LogP contribution in [0.15, 0.2) is 83.8 Å². The van der Waals surface area contributed by atoms with Gasteiger partial charge in [-0.1, -0.05) is 48.0 Å². The first-order chi connectivity index (χ1) is 14.3. The van der Waals surface area contributed by atoms with Crippen molar-refractivity contribution in [1.82, 2.24) is 5.32 Å². The fourth-order valence-corrected chi connectivity index (χ4v) is 3.87. The summed E-state index contributed by atoms with van der Waals surface area (Å²) in [4.78, 5) is 12.2. The number of anilines is 1. The number of aryl methyl sites for hydroxylation is 1. The molecular formula is C23H24N2O4S. The fourth-order valence-electron chi connectivity index (χ4n) is 2.81. The minimum absolute atomic E-state index is 0.109. The molecule has 0 saturated carbocycles. The first-order valence-corrected chi connectivity index (χ1v) is 11.0. The molecule has 0 heterocycles. The van der Waals surface area contributed by atoms with E-state index in [1.165, 1.54) is 24.3 Å². The van der Waals surface area contributed by atoms with E-state index in [9.17, 15) is 13.2 Å². The molecule has 7 heteroatoms. The molecule has 0 aromatic heterocycles. The molecule has 1 atom stereocenters. The first-order valence-electron chi connectivity index (χ1n) is 9.50. The maximum Gasteiger partial charge on any atom is 0.261 e. The topological polar surface area (TPSA) is 84.5 Å². The van der Waals surface area contributed by atoms with Crippen molar-refractivity contribution in [1.29, 1.82) is 0 Å². The lowest BCUT2D eigenvalue weighted by Gasteiger charge is -2.15. The Morgan fingerprint density at radius 1 is 0.933 bits per heavy atom. The van der Waals surface area contributed by atoms with E-state index in [1.807, 2.05) is 56.3 Å². The van der Waals surface area contributed by atoms with E-state index in [-0.39, 0.29) is 23.5 Å². The van der Waals surface area contributed by atoms with Gasteiger partial charge in [-0.25, -0.2) is 8.42 Å². The number of carbonyl (C=O) groups is 1. The molecule has 6 nitrogen and oxygen atoms in total. The number of hydrogen-bond donors (Lipinski definition) is 2. The fraction of sp³-hybridized carbons (Fsp3) is 0.174. The van der Waals surface area contributed by atoms with Gasteiger partial charge in [-0.05, 0) is 55.8 Å². The van der Waals surface area contributed by atoms with Gasteiger partial charge in [-0.15, -0.1) is 0 Å². The van der Waals surface area contributed by atoms with Crippen molar-refractivity contribution in [3.05, 3.63) is 90.0 Å². The van der Waals surface area contributed by atoms with Gasteiger partial charge in [0.2, 0.25) is 0 Å². The Morgan fingerprint density at radius 2 is 1.57 bits per heavy atom. The van der Waals surface area contributed by atoms with Crippen LogP contribution in [-0.2, 0) is 14.8 Å². The highest BCUT2D eigenvalue weighted by Gasteiger charge is 2.15. The van der Waals surface area contributed by atoms with Crippen LogP contribution in [0.2, 0.25) is 0 Å². The maximum absolute atomic E-state index is 12.5. The summed E-state index contributed by atoms with van der Waals surface area (Å²) in [5.74, 6) is 0.149. The predicted octanol–water partition coefficient (Wildman–Crippen LogP) is 4.05. The number of nitrogens with one attached hydrogen (secondary N) is 2. The molecule has 0 fully saturated rings. The number of rotatable bonds is 8. The van der Waals surface area contributed by atoms with Crippen LogP contribution in [0.4, 0.5) is 5.69 Å². The zero-order valence-corrected chi connectivity index (χ0v) is 17.6. The van der Waals surface area contributed by atoms with Gasteiger partial charge in [-0.3, -0.25) is 9.52 Å². The van der Waals surface area contributed by atoms with Crippen molar-refractivity contribution in [2.24, 2.45) is 0 Å². The highest BCUT2D eigenvalue weighted by atomic mass is 32.2. The summed E-state index contributed by atoms with van der Waals surface area (Å²) in [6.45, 7) is 3.67. The van der Waals surface area contributed by atoms with Crippen LogP contribution in [0.1, 0.15) is 24.1 Å². The third-order valence-electron chi connectivity index (χ3n) is 4.48. The van der Waals surface area contributed by atoms with Crippen LogP contribution in [0.5, 0.6) is 5.75 Å². The Labute approximate surface area is 177 Å². The molecule has 0 radical (unpaired) electrons. The number of amides is 1. The summed E-state index contributed by atoms with van der Waals surface area (Å²) in [7, 11) is -3.71. The summed E-state index contributed by atoms with van der Waals surface area (Å²) < 4.78 is 33.0. The molecule has 3 rings (SSSR count). The Bertz CT molecular complexity index is 1080. The zero-order valence-electron chi connectivity index (χ0n) is 16.8. The summed E-state index contributed by atoms with van der Waals surface area (Å²) >= 11 is 0. The van der Waals surface area contributed by atoms with Gasteiger partial charge in [0.05, 0.1) is 10.9 Å². The van der Waals surface area contributed by atoms with E-state index in [0.717, 1.165) is 11.1 Å². The minimum Gasteiger partial charge on any atom is -0.484 e. The second kappa shape index (κ2) is 9.45. The number of hydrogen-bond acceptors (Lipinski definition) is 4. The SMILES string of the molecule is Cc1ccc(NS(=O)(=O)c2ccc(OCC(=O)N[C@H](C)c3ccccc3)cc2)cc1. The molecule has 0 bridgehead atoms. The smallest absolute Gasteiger partial charge is 0.261 e. The Hall–Kier alpha value is -3.32. The van der Waals surface area contributed by atoms with E-state index in [2.05, 4.69) is 10.0 Å². The van der Waals surface area contributed by atoms with Crippen LogP contribution in [0.3, 0.4) is 0 Å². The van der Waals surface area contributed by atoms with Crippen LogP contribution in [0.25, 0.3) is 0 Å². The number of benzene rings is 3. The van der Waals surface area contributed by atoms with Crippen LogP contribution in [-0.4, -0.2) is 20.9 Å². The quantitative estimate of drug-likeness (QED) is 0.571. The second-order valence-electron chi connectivity index (χ2n) is 6.93. The van der Waals surface area contributed by atoms with E-state index in [1.54, 1.807) is 12.1 Å². The lowest BCUT2D eigenvalue weighted by Crippen LogP contribution is -2.31. The van der Waals surface area contributed by atoms with Crippen molar-refractivity contribution in [3.8, 4) is 5.75 Å². The molecule has 0 aliphatic rings. The van der Waals surface area contributed by atoms with Gasteiger partial charge >= 0.3 is 0 Å². The highest BCUT2D eigenvalue weighted by molar-refractivity contribution is 7.92. The lowest BCUT2D eigenvalue weighted by molar-refractivity contribution is -0.123. The van der Waals surface area contributed by atoms with Crippen LogP contribution < -0.4 is 14.8 Å². The molecule has 0 saturated heterocycles. The zero-order chi connectivity index (χ0) is 21.6. The Balaban J connectivity index is 1.55. The standard InChI is InChI=1S/C23H24N2O4S/c1-17-8-10-20(11-9-17)25-30(27,28)22-14-12-21(13-15-22)29-16-23(26)24-18(2)19-6-4-3-5-7-19/h3-15,18,25H,16H2,1-2H3,(H,24,26)/t18-/m1/s1. The van der Waals surface area contributed by atoms with Crippen molar-refractivity contribution in [2.75, 3.05) is 11.3 Å². The number of ether oxygens (including phenoxy) is 1. The van der Waals surface area contributed by atoms with E-state index < -0.39 is 10.0 Å².